The zero-order valence-corrected chi connectivity index (χ0v) is 12.8. The summed E-state index contributed by atoms with van der Waals surface area (Å²) in [5.41, 5.74) is 6.85. The van der Waals surface area contributed by atoms with E-state index in [1.165, 1.54) is 6.42 Å². The van der Waals surface area contributed by atoms with Crippen molar-refractivity contribution in [1.82, 2.24) is 4.90 Å². The minimum atomic E-state index is 0.195. The molecule has 3 nitrogen and oxygen atoms in total. The first-order valence-corrected chi connectivity index (χ1v) is 7.77. The Morgan fingerprint density at radius 1 is 1.35 bits per heavy atom. The van der Waals surface area contributed by atoms with Gasteiger partial charge in [0.2, 0.25) is 5.91 Å². The minimum absolute atomic E-state index is 0.195. The molecule has 2 atom stereocenters. The van der Waals surface area contributed by atoms with E-state index >= 15 is 0 Å². The van der Waals surface area contributed by atoms with E-state index in [4.69, 9.17) is 17.3 Å². The van der Waals surface area contributed by atoms with Crippen LogP contribution in [-0.4, -0.2) is 29.9 Å². The van der Waals surface area contributed by atoms with Gasteiger partial charge in [-0.1, -0.05) is 30.2 Å². The monoisotopic (exact) mass is 294 g/mol. The molecule has 1 aromatic rings. The van der Waals surface area contributed by atoms with E-state index in [1.54, 1.807) is 0 Å². The van der Waals surface area contributed by atoms with Gasteiger partial charge in [-0.15, -0.1) is 0 Å². The van der Waals surface area contributed by atoms with Crippen LogP contribution < -0.4 is 5.73 Å². The van der Waals surface area contributed by atoms with E-state index in [0.717, 1.165) is 24.9 Å². The lowest BCUT2D eigenvalue weighted by atomic mass is 10.0. The fourth-order valence-electron chi connectivity index (χ4n) is 3.18. The number of nitrogens with two attached hydrogens (primary N) is 1. The maximum absolute atomic E-state index is 12.5. The Hall–Kier alpha value is -1.06. The Morgan fingerprint density at radius 2 is 2.05 bits per heavy atom. The van der Waals surface area contributed by atoms with Crippen LogP contribution in [0.1, 0.15) is 31.7 Å². The summed E-state index contributed by atoms with van der Waals surface area (Å²) in [5, 5.41) is 0.701. The summed E-state index contributed by atoms with van der Waals surface area (Å²) < 4.78 is 0. The molecule has 4 heteroatoms. The second-order valence-electron chi connectivity index (χ2n) is 5.48. The lowest BCUT2D eigenvalue weighted by molar-refractivity contribution is -0.133. The third-order valence-corrected chi connectivity index (χ3v) is 4.50. The Bertz CT molecular complexity index is 446. The van der Waals surface area contributed by atoms with Crippen molar-refractivity contribution in [2.45, 2.75) is 38.6 Å². The topological polar surface area (TPSA) is 46.3 Å². The van der Waals surface area contributed by atoms with E-state index < -0.39 is 0 Å². The quantitative estimate of drug-likeness (QED) is 0.908. The Kier molecular flexibility index (Phi) is 5.44. The molecule has 0 spiro atoms. The van der Waals surface area contributed by atoms with Gasteiger partial charge in [-0.2, -0.15) is 0 Å². The minimum Gasteiger partial charge on any atom is -0.339 e. The van der Waals surface area contributed by atoms with Crippen LogP contribution in [0.15, 0.2) is 24.3 Å². The SMILES string of the molecule is CCN(C(=O)Cc1ccc(Cl)cc1)C1CCCC1CN. The number of amides is 1. The molecule has 0 aromatic heterocycles. The second kappa shape index (κ2) is 7.09. The Labute approximate surface area is 126 Å². The zero-order valence-electron chi connectivity index (χ0n) is 12.0. The van der Waals surface area contributed by atoms with Crippen LogP contribution >= 0.6 is 11.6 Å². The molecule has 110 valence electrons. The highest BCUT2D eigenvalue weighted by Gasteiger charge is 2.32. The van der Waals surface area contributed by atoms with Gasteiger partial charge in [-0.05, 0) is 49.9 Å². The molecule has 1 amide bonds. The summed E-state index contributed by atoms with van der Waals surface area (Å²) in [4.78, 5) is 14.5. The molecule has 0 bridgehead atoms. The van der Waals surface area contributed by atoms with Crippen LogP contribution in [0.2, 0.25) is 5.02 Å². The smallest absolute Gasteiger partial charge is 0.227 e. The molecule has 1 aromatic carbocycles. The molecule has 2 unspecified atom stereocenters. The molecule has 1 aliphatic carbocycles. The third-order valence-electron chi connectivity index (χ3n) is 4.25. The van der Waals surface area contributed by atoms with Gasteiger partial charge in [0.1, 0.15) is 0 Å². The van der Waals surface area contributed by atoms with Crippen molar-refractivity contribution in [2.24, 2.45) is 11.7 Å². The van der Waals surface area contributed by atoms with Crippen molar-refractivity contribution < 1.29 is 4.79 Å². The van der Waals surface area contributed by atoms with E-state index in [9.17, 15) is 4.79 Å². The van der Waals surface area contributed by atoms with Gasteiger partial charge in [0.05, 0.1) is 6.42 Å². The van der Waals surface area contributed by atoms with Crippen LogP contribution in [0.25, 0.3) is 0 Å². The lowest BCUT2D eigenvalue weighted by Crippen LogP contribution is -2.44. The Balaban J connectivity index is 2.03. The summed E-state index contributed by atoms with van der Waals surface area (Å²) in [7, 11) is 0. The standard InChI is InChI=1S/C16H23ClN2O/c1-2-19(15-5-3-4-13(15)11-18)16(20)10-12-6-8-14(17)9-7-12/h6-9,13,15H,2-5,10-11,18H2,1H3. The molecular weight excluding hydrogens is 272 g/mol. The van der Waals surface area contributed by atoms with Crippen LogP contribution in [0.3, 0.4) is 0 Å². The maximum Gasteiger partial charge on any atom is 0.227 e. The highest BCUT2D eigenvalue weighted by atomic mass is 35.5. The molecule has 2 N–H and O–H groups in total. The highest BCUT2D eigenvalue weighted by molar-refractivity contribution is 6.30. The van der Waals surface area contributed by atoms with Gasteiger partial charge in [0, 0.05) is 17.6 Å². The molecule has 0 aliphatic heterocycles. The number of hydrogen-bond donors (Lipinski definition) is 1. The first-order valence-electron chi connectivity index (χ1n) is 7.39. The van der Waals surface area contributed by atoms with Crippen LogP contribution in [-0.2, 0) is 11.2 Å². The van der Waals surface area contributed by atoms with Crippen molar-refractivity contribution in [1.29, 1.82) is 0 Å². The van der Waals surface area contributed by atoms with Crippen LogP contribution in [0, 0.1) is 5.92 Å². The average molecular weight is 295 g/mol. The van der Waals surface area contributed by atoms with Gasteiger partial charge in [0.25, 0.3) is 0 Å². The van der Waals surface area contributed by atoms with Gasteiger partial charge in [-0.3, -0.25) is 4.79 Å². The van der Waals surface area contributed by atoms with E-state index in [-0.39, 0.29) is 5.91 Å². The van der Waals surface area contributed by atoms with E-state index in [1.807, 2.05) is 36.1 Å². The average Bonchev–Trinajstić information content (AvgIpc) is 2.90. The third kappa shape index (κ3) is 3.53. The van der Waals surface area contributed by atoms with Gasteiger partial charge < -0.3 is 10.6 Å². The number of nitrogens with zero attached hydrogens (tertiary/aromatic N) is 1. The zero-order chi connectivity index (χ0) is 14.5. The van der Waals surface area contributed by atoms with Crippen LogP contribution in [0.5, 0.6) is 0 Å². The van der Waals surface area contributed by atoms with Crippen molar-refractivity contribution in [3.63, 3.8) is 0 Å². The molecule has 1 fully saturated rings. The predicted molar refractivity (Wildman–Crippen MR) is 82.7 cm³/mol. The lowest BCUT2D eigenvalue weighted by Gasteiger charge is -2.32. The predicted octanol–water partition coefficient (Wildman–Crippen LogP) is 2.86. The summed E-state index contributed by atoms with van der Waals surface area (Å²) in [5.74, 6) is 0.657. The molecule has 0 radical (unpaired) electrons. The summed E-state index contributed by atoms with van der Waals surface area (Å²) in [6, 6.07) is 7.83. The number of hydrogen-bond acceptors (Lipinski definition) is 2. The molecule has 20 heavy (non-hydrogen) atoms. The van der Waals surface area contributed by atoms with Crippen molar-refractivity contribution in [2.75, 3.05) is 13.1 Å². The number of rotatable bonds is 5. The fraction of sp³-hybridized carbons (Fsp3) is 0.562. The second-order valence-corrected chi connectivity index (χ2v) is 5.91. The Morgan fingerprint density at radius 3 is 2.65 bits per heavy atom. The van der Waals surface area contributed by atoms with Crippen molar-refractivity contribution in [3.8, 4) is 0 Å². The summed E-state index contributed by atoms with van der Waals surface area (Å²) >= 11 is 5.87. The van der Waals surface area contributed by atoms with Gasteiger partial charge >= 0.3 is 0 Å². The summed E-state index contributed by atoms with van der Waals surface area (Å²) in [6.07, 6.45) is 3.85. The number of carbonyl (C=O) groups is 1. The van der Waals surface area contributed by atoms with E-state index in [2.05, 4.69) is 0 Å². The van der Waals surface area contributed by atoms with Crippen molar-refractivity contribution >= 4 is 17.5 Å². The maximum atomic E-state index is 12.5. The molecule has 2 rings (SSSR count). The first kappa shape index (κ1) is 15.3. The number of benzene rings is 1. The largest absolute Gasteiger partial charge is 0.339 e. The number of carbonyl (C=O) groups excluding carboxylic acids is 1. The van der Waals surface area contributed by atoms with Gasteiger partial charge in [0.15, 0.2) is 0 Å². The number of halogens is 1. The molecule has 0 saturated heterocycles. The van der Waals surface area contributed by atoms with Crippen molar-refractivity contribution in [3.05, 3.63) is 34.9 Å². The van der Waals surface area contributed by atoms with Gasteiger partial charge in [-0.25, -0.2) is 0 Å². The first-order chi connectivity index (χ1) is 9.65. The highest BCUT2D eigenvalue weighted by Crippen LogP contribution is 2.29. The summed E-state index contributed by atoms with van der Waals surface area (Å²) in [6.45, 7) is 3.48. The van der Waals surface area contributed by atoms with E-state index in [0.29, 0.717) is 29.9 Å². The molecular formula is C16H23ClN2O. The normalized spacial score (nSPS) is 21.9. The molecule has 1 saturated carbocycles. The fourth-order valence-corrected chi connectivity index (χ4v) is 3.30. The van der Waals surface area contributed by atoms with Crippen LogP contribution in [0.4, 0.5) is 0 Å². The number of likely N-dealkylation sites (N-methyl/N-ethyl adjacent to an activating group) is 1. The molecule has 0 heterocycles. The molecule has 1 aliphatic rings.